The number of aryl methyl sites for hydroxylation is 2. The highest BCUT2D eigenvalue weighted by molar-refractivity contribution is 5.77. The number of nitrogens with one attached hydrogen (secondary N) is 2. The second-order valence-corrected chi connectivity index (χ2v) is 5.97. The first-order valence-corrected chi connectivity index (χ1v) is 7.87. The van der Waals surface area contributed by atoms with Crippen molar-refractivity contribution in [2.75, 3.05) is 6.54 Å². The van der Waals surface area contributed by atoms with E-state index < -0.39 is 0 Å². The van der Waals surface area contributed by atoms with Gasteiger partial charge in [0.15, 0.2) is 0 Å². The fraction of sp³-hybridized carbons (Fsp3) is 0.316. The Kier molecular flexibility index (Phi) is 4.25. The van der Waals surface area contributed by atoms with Crippen molar-refractivity contribution in [1.29, 1.82) is 0 Å². The number of rotatable bonds is 5. The molecule has 3 nitrogen and oxygen atoms in total. The number of nitrogens with zero attached hydrogens (tertiary/aromatic N) is 1. The molecule has 2 aromatic carbocycles. The van der Waals surface area contributed by atoms with E-state index in [1.165, 1.54) is 16.7 Å². The third-order valence-corrected chi connectivity index (χ3v) is 4.26. The van der Waals surface area contributed by atoms with E-state index in [4.69, 9.17) is 0 Å². The van der Waals surface area contributed by atoms with E-state index >= 15 is 0 Å². The number of fused-ring (bicyclic) bond motifs is 1. The molecular formula is C19H23N3. The summed E-state index contributed by atoms with van der Waals surface area (Å²) in [5, 5.41) is 3.55. The predicted molar refractivity (Wildman–Crippen MR) is 92.1 cm³/mol. The smallest absolute Gasteiger partial charge is 0.108 e. The maximum Gasteiger partial charge on any atom is 0.108 e. The summed E-state index contributed by atoms with van der Waals surface area (Å²) >= 11 is 0. The Morgan fingerprint density at radius 3 is 2.59 bits per heavy atom. The molecule has 0 bridgehead atoms. The van der Waals surface area contributed by atoms with Crippen LogP contribution in [0.4, 0.5) is 0 Å². The molecule has 1 unspecified atom stereocenters. The molecule has 0 radical (unpaired) electrons. The minimum Gasteiger partial charge on any atom is -0.342 e. The first-order chi connectivity index (χ1) is 10.6. The number of aromatic amines is 1. The molecular weight excluding hydrogens is 270 g/mol. The number of imidazole rings is 1. The highest BCUT2D eigenvalue weighted by Crippen LogP contribution is 2.17. The molecule has 22 heavy (non-hydrogen) atoms. The molecule has 0 aliphatic carbocycles. The Bertz CT molecular complexity index is 720. The Balaban J connectivity index is 1.62. The minimum atomic E-state index is 0.357. The maximum atomic E-state index is 4.69. The van der Waals surface area contributed by atoms with Crippen molar-refractivity contribution < 1.29 is 0 Å². The van der Waals surface area contributed by atoms with Gasteiger partial charge < -0.3 is 10.3 Å². The highest BCUT2D eigenvalue weighted by atomic mass is 14.9. The second kappa shape index (κ2) is 6.32. The van der Waals surface area contributed by atoms with Gasteiger partial charge in [-0.15, -0.1) is 0 Å². The molecule has 0 amide bonds. The summed E-state index contributed by atoms with van der Waals surface area (Å²) in [6, 6.07) is 15.2. The molecule has 0 fully saturated rings. The quantitative estimate of drug-likeness (QED) is 0.744. The van der Waals surface area contributed by atoms with E-state index in [-0.39, 0.29) is 0 Å². The summed E-state index contributed by atoms with van der Waals surface area (Å²) in [6.45, 7) is 7.37. The Morgan fingerprint density at radius 1 is 1.09 bits per heavy atom. The first-order valence-electron chi connectivity index (χ1n) is 7.87. The average Bonchev–Trinajstić information content (AvgIpc) is 2.90. The van der Waals surface area contributed by atoms with Crippen molar-refractivity contribution in [2.45, 2.75) is 33.2 Å². The van der Waals surface area contributed by atoms with Crippen LogP contribution in [0.15, 0.2) is 42.5 Å². The van der Waals surface area contributed by atoms with Crippen molar-refractivity contribution in [3.8, 4) is 0 Å². The van der Waals surface area contributed by atoms with Crippen LogP contribution in [-0.2, 0) is 6.42 Å². The highest BCUT2D eigenvalue weighted by Gasteiger charge is 2.07. The zero-order chi connectivity index (χ0) is 15.5. The Hall–Kier alpha value is -2.13. The fourth-order valence-corrected chi connectivity index (χ4v) is 2.71. The number of hydrogen-bond acceptors (Lipinski definition) is 2. The van der Waals surface area contributed by atoms with Gasteiger partial charge in [-0.3, -0.25) is 0 Å². The van der Waals surface area contributed by atoms with Crippen molar-refractivity contribution >= 4 is 11.0 Å². The third-order valence-electron chi connectivity index (χ3n) is 4.26. The summed E-state index contributed by atoms with van der Waals surface area (Å²) in [5.74, 6) is 1.05. The summed E-state index contributed by atoms with van der Waals surface area (Å²) < 4.78 is 0. The lowest BCUT2D eigenvalue weighted by Crippen LogP contribution is -2.21. The van der Waals surface area contributed by atoms with Crippen molar-refractivity contribution in [2.24, 2.45) is 0 Å². The summed E-state index contributed by atoms with van der Waals surface area (Å²) in [6.07, 6.45) is 0.907. The van der Waals surface area contributed by atoms with Crippen LogP contribution in [0.5, 0.6) is 0 Å². The SMILES string of the molecule is Cc1cc2nc(CCNC(C)c3ccccc3)[nH]c2cc1C. The molecule has 2 N–H and O–H groups in total. The van der Waals surface area contributed by atoms with Gasteiger partial charge in [0.05, 0.1) is 11.0 Å². The normalized spacial score (nSPS) is 12.7. The molecule has 3 rings (SSSR count). The second-order valence-electron chi connectivity index (χ2n) is 5.97. The van der Waals surface area contributed by atoms with Crippen LogP contribution < -0.4 is 5.32 Å². The zero-order valence-corrected chi connectivity index (χ0v) is 13.5. The zero-order valence-electron chi connectivity index (χ0n) is 13.5. The van der Waals surface area contributed by atoms with E-state index in [9.17, 15) is 0 Å². The van der Waals surface area contributed by atoms with Crippen LogP contribution >= 0.6 is 0 Å². The number of aromatic nitrogens is 2. The van der Waals surface area contributed by atoms with Gasteiger partial charge in [0.1, 0.15) is 5.82 Å². The van der Waals surface area contributed by atoms with E-state index in [0.717, 1.165) is 29.8 Å². The van der Waals surface area contributed by atoms with Gasteiger partial charge in [-0.2, -0.15) is 0 Å². The first kappa shape index (κ1) is 14.8. The molecule has 1 atom stereocenters. The lowest BCUT2D eigenvalue weighted by atomic mass is 10.1. The largest absolute Gasteiger partial charge is 0.342 e. The average molecular weight is 293 g/mol. The molecule has 114 valence electrons. The van der Waals surface area contributed by atoms with Crippen molar-refractivity contribution in [3.05, 3.63) is 65.0 Å². The van der Waals surface area contributed by atoms with E-state index in [1.807, 2.05) is 0 Å². The van der Waals surface area contributed by atoms with Crippen molar-refractivity contribution in [3.63, 3.8) is 0 Å². The Morgan fingerprint density at radius 2 is 1.82 bits per heavy atom. The van der Waals surface area contributed by atoms with Crippen LogP contribution in [0.25, 0.3) is 11.0 Å². The summed E-state index contributed by atoms with van der Waals surface area (Å²) in [7, 11) is 0. The van der Waals surface area contributed by atoms with Gasteiger partial charge >= 0.3 is 0 Å². The summed E-state index contributed by atoms with van der Waals surface area (Å²) in [5.41, 5.74) is 6.11. The van der Waals surface area contributed by atoms with E-state index in [2.05, 4.69) is 78.5 Å². The van der Waals surface area contributed by atoms with Crippen LogP contribution in [0, 0.1) is 13.8 Å². The number of H-pyrrole nitrogens is 1. The third kappa shape index (κ3) is 3.20. The van der Waals surface area contributed by atoms with Gasteiger partial charge in [-0.25, -0.2) is 4.98 Å². The number of hydrogen-bond donors (Lipinski definition) is 2. The predicted octanol–water partition coefficient (Wildman–Crippen LogP) is 4.07. The molecule has 1 aromatic heterocycles. The summed E-state index contributed by atoms with van der Waals surface area (Å²) in [4.78, 5) is 8.11. The van der Waals surface area contributed by atoms with Crippen molar-refractivity contribution in [1.82, 2.24) is 15.3 Å². The van der Waals surface area contributed by atoms with Gasteiger partial charge in [0, 0.05) is 19.0 Å². The molecule has 0 aliphatic heterocycles. The molecule has 0 saturated carbocycles. The fourth-order valence-electron chi connectivity index (χ4n) is 2.71. The lowest BCUT2D eigenvalue weighted by molar-refractivity contribution is 0.571. The minimum absolute atomic E-state index is 0.357. The van der Waals surface area contributed by atoms with E-state index in [1.54, 1.807) is 0 Å². The standard InChI is InChI=1S/C19H23N3/c1-13-11-17-18(12-14(13)2)22-19(21-17)9-10-20-15(3)16-7-5-4-6-8-16/h4-8,11-12,15,20H,9-10H2,1-3H3,(H,21,22). The van der Waals surface area contributed by atoms with Gasteiger partial charge in [0.2, 0.25) is 0 Å². The molecule has 0 spiro atoms. The molecule has 0 saturated heterocycles. The number of benzene rings is 2. The molecule has 1 heterocycles. The molecule has 3 heteroatoms. The topological polar surface area (TPSA) is 40.7 Å². The van der Waals surface area contributed by atoms with Gasteiger partial charge in [-0.1, -0.05) is 30.3 Å². The van der Waals surface area contributed by atoms with Crippen LogP contribution in [0.3, 0.4) is 0 Å². The maximum absolute atomic E-state index is 4.69. The molecule has 0 aliphatic rings. The van der Waals surface area contributed by atoms with E-state index in [0.29, 0.717) is 6.04 Å². The van der Waals surface area contributed by atoms with Crippen LogP contribution in [0.2, 0.25) is 0 Å². The van der Waals surface area contributed by atoms with Crippen LogP contribution in [0.1, 0.15) is 35.5 Å². The lowest BCUT2D eigenvalue weighted by Gasteiger charge is -2.13. The van der Waals surface area contributed by atoms with Gasteiger partial charge in [-0.05, 0) is 49.6 Å². The monoisotopic (exact) mass is 293 g/mol. The Labute approximate surface area is 131 Å². The van der Waals surface area contributed by atoms with Crippen LogP contribution in [-0.4, -0.2) is 16.5 Å². The van der Waals surface area contributed by atoms with Gasteiger partial charge in [0.25, 0.3) is 0 Å². The molecule has 3 aromatic rings.